The first kappa shape index (κ1) is 13.8. The minimum absolute atomic E-state index is 0.0487. The molecule has 1 aliphatic heterocycles. The molecule has 6 heteroatoms. The van der Waals surface area contributed by atoms with Crippen LogP contribution in [0.4, 0.5) is 4.79 Å². The van der Waals surface area contributed by atoms with Crippen molar-refractivity contribution in [1.29, 1.82) is 0 Å². The van der Waals surface area contributed by atoms with Crippen LogP contribution < -0.4 is 16.4 Å². The lowest BCUT2D eigenvalue weighted by molar-refractivity contribution is -0.126. The molecular formula is C11H21N3O3. The van der Waals surface area contributed by atoms with E-state index in [9.17, 15) is 9.59 Å². The molecule has 1 fully saturated rings. The number of rotatable bonds is 4. The zero-order valence-corrected chi connectivity index (χ0v) is 10.4. The van der Waals surface area contributed by atoms with Crippen LogP contribution >= 0.6 is 0 Å². The molecule has 0 aromatic rings. The van der Waals surface area contributed by atoms with Gasteiger partial charge in [-0.2, -0.15) is 0 Å². The van der Waals surface area contributed by atoms with E-state index in [0.717, 1.165) is 19.4 Å². The maximum absolute atomic E-state index is 11.9. The SMILES string of the molecule is CC1(C)CCCNC1C(=O)NCCOC(N)=O. The number of hydrogen-bond acceptors (Lipinski definition) is 4. The van der Waals surface area contributed by atoms with Gasteiger partial charge in [-0.1, -0.05) is 13.8 Å². The number of hydrogen-bond donors (Lipinski definition) is 3. The van der Waals surface area contributed by atoms with Gasteiger partial charge in [0.15, 0.2) is 0 Å². The van der Waals surface area contributed by atoms with Gasteiger partial charge in [-0.3, -0.25) is 4.79 Å². The minimum Gasteiger partial charge on any atom is -0.448 e. The van der Waals surface area contributed by atoms with E-state index < -0.39 is 6.09 Å². The van der Waals surface area contributed by atoms with Gasteiger partial charge in [-0.15, -0.1) is 0 Å². The van der Waals surface area contributed by atoms with Crippen LogP contribution in [0.5, 0.6) is 0 Å². The summed E-state index contributed by atoms with van der Waals surface area (Å²) in [4.78, 5) is 22.2. The number of carbonyl (C=O) groups excluding carboxylic acids is 2. The van der Waals surface area contributed by atoms with E-state index in [1.807, 2.05) is 0 Å². The number of amides is 2. The monoisotopic (exact) mass is 243 g/mol. The van der Waals surface area contributed by atoms with E-state index in [4.69, 9.17) is 5.73 Å². The summed E-state index contributed by atoms with van der Waals surface area (Å²) in [7, 11) is 0. The molecule has 1 heterocycles. The molecule has 1 saturated heterocycles. The normalized spacial score (nSPS) is 22.8. The molecule has 1 atom stereocenters. The van der Waals surface area contributed by atoms with Gasteiger partial charge in [0.25, 0.3) is 0 Å². The molecule has 98 valence electrons. The largest absolute Gasteiger partial charge is 0.448 e. The predicted molar refractivity (Wildman–Crippen MR) is 63.4 cm³/mol. The quantitative estimate of drug-likeness (QED) is 0.605. The summed E-state index contributed by atoms with van der Waals surface area (Å²) in [5.74, 6) is -0.0530. The molecule has 0 spiro atoms. The van der Waals surface area contributed by atoms with Crippen molar-refractivity contribution in [1.82, 2.24) is 10.6 Å². The molecule has 1 aliphatic rings. The summed E-state index contributed by atoms with van der Waals surface area (Å²) >= 11 is 0. The Morgan fingerprint density at radius 1 is 1.53 bits per heavy atom. The van der Waals surface area contributed by atoms with Crippen LogP contribution in [-0.2, 0) is 9.53 Å². The Kier molecular flexibility index (Phi) is 4.74. The van der Waals surface area contributed by atoms with Crippen molar-refractivity contribution in [2.45, 2.75) is 32.7 Å². The Balaban J connectivity index is 2.33. The Hall–Kier alpha value is -1.30. The standard InChI is InChI=1S/C11H21N3O3/c1-11(2)4-3-5-13-8(11)9(15)14-6-7-17-10(12)16/h8,13H,3-7H2,1-2H3,(H2,12,16)(H,14,15). The van der Waals surface area contributed by atoms with Crippen LogP contribution in [0.3, 0.4) is 0 Å². The maximum atomic E-state index is 11.9. The number of piperidine rings is 1. The molecule has 0 saturated carbocycles. The first-order chi connectivity index (χ1) is 7.93. The van der Waals surface area contributed by atoms with E-state index in [-0.39, 0.29) is 30.5 Å². The van der Waals surface area contributed by atoms with Crippen molar-refractivity contribution in [3.05, 3.63) is 0 Å². The average molecular weight is 243 g/mol. The molecule has 0 bridgehead atoms. The zero-order chi connectivity index (χ0) is 12.9. The van der Waals surface area contributed by atoms with Gasteiger partial charge in [0.1, 0.15) is 6.61 Å². The van der Waals surface area contributed by atoms with Crippen molar-refractivity contribution in [2.75, 3.05) is 19.7 Å². The van der Waals surface area contributed by atoms with E-state index in [1.165, 1.54) is 0 Å². The van der Waals surface area contributed by atoms with Gasteiger partial charge < -0.3 is 21.1 Å². The van der Waals surface area contributed by atoms with E-state index in [1.54, 1.807) is 0 Å². The Morgan fingerprint density at radius 2 is 2.24 bits per heavy atom. The summed E-state index contributed by atoms with van der Waals surface area (Å²) in [6.07, 6.45) is 1.28. The number of primary amides is 1. The van der Waals surface area contributed by atoms with Crippen LogP contribution in [0.25, 0.3) is 0 Å². The zero-order valence-electron chi connectivity index (χ0n) is 10.4. The van der Waals surface area contributed by atoms with E-state index in [2.05, 4.69) is 29.2 Å². The Bertz CT molecular complexity index is 292. The Morgan fingerprint density at radius 3 is 2.82 bits per heavy atom. The van der Waals surface area contributed by atoms with Crippen molar-refractivity contribution in [2.24, 2.45) is 11.1 Å². The van der Waals surface area contributed by atoms with Crippen LogP contribution in [0, 0.1) is 5.41 Å². The summed E-state index contributed by atoms with van der Waals surface area (Å²) in [5, 5.41) is 5.94. The number of nitrogens with one attached hydrogen (secondary N) is 2. The molecular weight excluding hydrogens is 222 g/mol. The highest BCUT2D eigenvalue weighted by Crippen LogP contribution is 2.29. The number of nitrogens with two attached hydrogens (primary N) is 1. The van der Waals surface area contributed by atoms with Gasteiger partial charge in [-0.25, -0.2) is 4.79 Å². The van der Waals surface area contributed by atoms with Gasteiger partial charge in [0, 0.05) is 0 Å². The molecule has 2 amide bonds. The number of carbonyl (C=O) groups is 2. The van der Waals surface area contributed by atoms with E-state index in [0.29, 0.717) is 0 Å². The third-order valence-corrected chi connectivity index (χ3v) is 3.04. The summed E-state index contributed by atoms with van der Waals surface area (Å²) in [5.41, 5.74) is 4.76. The molecule has 1 unspecified atom stereocenters. The second-order valence-corrected chi connectivity index (χ2v) is 4.94. The van der Waals surface area contributed by atoms with Gasteiger partial charge in [0.2, 0.25) is 5.91 Å². The van der Waals surface area contributed by atoms with Gasteiger partial charge in [0.05, 0.1) is 12.6 Å². The molecule has 0 aliphatic carbocycles. The fourth-order valence-electron chi connectivity index (χ4n) is 2.09. The number of ether oxygens (including phenoxy) is 1. The smallest absolute Gasteiger partial charge is 0.404 e. The second-order valence-electron chi connectivity index (χ2n) is 4.94. The minimum atomic E-state index is -0.824. The van der Waals surface area contributed by atoms with Crippen LogP contribution in [-0.4, -0.2) is 37.7 Å². The fraction of sp³-hybridized carbons (Fsp3) is 0.818. The van der Waals surface area contributed by atoms with Crippen LogP contribution in [0.15, 0.2) is 0 Å². The summed E-state index contributed by atoms with van der Waals surface area (Å²) < 4.78 is 4.54. The van der Waals surface area contributed by atoms with E-state index >= 15 is 0 Å². The van der Waals surface area contributed by atoms with Crippen molar-refractivity contribution in [3.63, 3.8) is 0 Å². The topological polar surface area (TPSA) is 93.4 Å². The predicted octanol–water partition coefficient (Wildman–Crippen LogP) is -0.0239. The lowest BCUT2D eigenvalue weighted by Gasteiger charge is -2.38. The lowest BCUT2D eigenvalue weighted by Crippen LogP contribution is -2.55. The molecule has 17 heavy (non-hydrogen) atoms. The van der Waals surface area contributed by atoms with Crippen LogP contribution in [0.2, 0.25) is 0 Å². The molecule has 0 aromatic heterocycles. The van der Waals surface area contributed by atoms with Gasteiger partial charge in [-0.05, 0) is 24.8 Å². The fourth-order valence-corrected chi connectivity index (χ4v) is 2.09. The highest BCUT2D eigenvalue weighted by molar-refractivity contribution is 5.82. The summed E-state index contributed by atoms with van der Waals surface area (Å²) in [6, 6.07) is -0.190. The molecule has 1 rings (SSSR count). The highest BCUT2D eigenvalue weighted by atomic mass is 16.5. The Labute approximate surface area is 101 Å². The third-order valence-electron chi connectivity index (χ3n) is 3.04. The third kappa shape index (κ3) is 4.22. The maximum Gasteiger partial charge on any atom is 0.404 e. The molecule has 4 N–H and O–H groups in total. The summed E-state index contributed by atoms with van der Waals surface area (Å²) in [6.45, 7) is 5.40. The first-order valence-corrected chi connectivity index (χ1v) is 5.87. The van der Waals surface area contributed by atoms with Crippen molar-refractivity contribution >= 4 is 12.0 Å². The molecule has 6 nitrogen and oxygen atoms in total. The van der Waals surface area contributed by atoms with Crippen molar-refractivity contribution in [3.8, 4) is 0 Å². The van der Waals surface area contributed by atoms with Crippen molar-refractivity contribution < 1.29 is 14.3 Å². The molecule has 0 aromatic carbocycles. The second kappa shape index (κ2) is 5.86. The van der Waals surface area contributed by atoms with Crippen LogP contribution in [0.1, 0.15) is 26.7 Å². The highest BCUT2D eigenvalue weighted by Gasteiger charge is 2.36. The lowest BCUT2D eigenvalue weighted by atomic mass is 9.77. The van der Waals surface area contributed by atoms with Gasteiger partial charge >= 0.3 is 6.09 Å². The first-order valence-electron chi connectivity index (χ1n) is 5.87. The average Bonchev–Trinajstić information content (AvgIpc) is 2.23. The molecule has 0 radical (unpaired) electrons.